The van der Waals surface area contributed by atoms with Gasteiger partial charge in [-0.05, 0) is 62.5 Å². The molecule has 5 aliphatic rings. The van der Waals surface area contributed by atoms with Gasteiger partial charge in [0, 0.05) is 10.8 Å². The summed E-state index contributed by atoms with van der Waals surface area (Å²) in [7, 11) is 0. The molecule has 0 aromatic carbocycles. The van der Waals surface area contributed by atoms with Crippen LogP contribution in [0.25, 0.3) is 0 Å². The third-order valence-corrected chi connectivity index (χ3v) is 9.57. The molecule has 0 aromatic heterocycles. The maximum Gasteiger partial charge on any atom is 0.178 e. The smallest absolute Gasteiger partial charge is 0.178 e. The first-order chi connectivity index (χ1) is 12.6. The SMILES string of the molecule is C[C@H]1C[C@H]2[C@@H]3CCC4=CC(=O)C=C[C@]4(C)[C@]34O[C@H]4C[C@]2(C)[C@@]1(O)C(=O)CBr. The van der Waals surface area contributed by atoms with Crippen LogP contribution >= 0.6 is 15.9 Å². The zero-order valence-corrected chi connectivity index (χ0v) is 17.7. The first-order valence-electron chi connectivity index (χ1n) is 10.1. The summed E-state index contributed by atoms with van der Waals surface area (Å²) in [5.41, 5.74) is -1.09. The topological polar surface area (TPSA) is 66.9 Å². The van der Waals surface area contributed by atoms with Crippen LogP contribution in [-0.4, -0.2) is 39.3 Å². The van der Waals surface area contributed by atoms with Crippen molar-refractivity contribution in [2.24, 2.45) is 28.6 Å². The van der Waals surface area contributed by atoms with Crippen molar-refractivity contribution in [2.75, 3.05) is 5.33 Å². The number of Topliss-reactive ketones (excluding diaryl/α,β-unsaturated/α-hetero) is 1. The van der Waals surface area contributed by atoms with Gasteiger partial charge in [0.1, 0.15) is 11.2 Å². The third-order valence-electron chi connectivity index (χ3n) is 9.06. The normalized spacial score (nSPS) is 55.1. The maximum absolute atomic E-state index is 12.8. The molecule has 0 amide bonds. The molecule has 146 valence electrons. The molecule has 27 heavy (non-hydrogen) atoms. The van der Waals surface area contributed by atoms with Crippen LogP contribution in [0.5, 0.6) is 0 Å². The van der Waals surface area contributed by atoms with Crippen molar-refractivity contribution in [3.8, 4) is 0 Å². The van der Waals surface area contributed by atoms with Gasteiger partial charge in [-0.15, -0.1) is 0 Å². The molecular formula is C22H27BrO4. The summed E-state index contributed by atoms with van der Waals surface area (Å²) in [6.07, 6.45) is 9.01. The summed E-state index contributed by atoms with van der Waals surface area (Å²) in [6, 6.07) is 0. The number of carbonyl (C=O) groups excluding carboxylic acids is 2. The van der Waals surface area contributed by atoms with Crippen LogP contribution < -0.4 is 0 Å². The van der Waals surface area contributed by atoms with E-state index in [2.05, 4.69) is 35.9 Å². The largest absolute Gasteiger partial charge is 0.381 e. The van der Waals surface area contributed by atoms with Crippen molar-refractivity contribution in [2.45, 2.75) is 63.8 Å². The second kappa shape index (κ2) is 5.22. The van der Waals surface area contributed by atoms with Gasteiger partial charge in [0.05, 0.1) is 11.4 Å². The molecule has 0 radical (unpaired) electrons. The molecule has 0 aromatic rings. The van der Waals surface area contributed by atoms with Crippen LogP contribution in [0.15, 0.2) is 23.8 Å². The molecule has 5 rings (SSSR count). The van der Waals surface area contributed by atoms with E-state index in [9.17, 15) is 14.7 Å². The highest BCUT2D eigenvalue weighted by molar-refractivity contribution is 9.09. The van der Waals surface area contributed by atoms with Crippen LogP contribution in [0.2, 0.25) is 0 Å². The van der Waals surface area contributed by atoms with Gasteiger partial charge in [0.2, 0.25) is 0 Å². The van der Waals surface area contributed by atoms with Gasteiger partial charge in [-0.25, -0.2) is 0 Å². The average Bonchev–Trinajstić information content (AvgIpc) is 3.31. The number of alkyl halides is 1. The Morgan fingerprint density at radius 3 is 2.81 bits per heavy atom. The highest BCUT2D eigenvalue weighted by atomic mass is 79.9. The lowest BCUT2D eigenvalue weighted by atomic mass is 9.47. The lowest BCUT2D eigenvalue weighted by molar-refractivity contribution is -0.160. The molecule has 5 heteroatoms. The number of epoxide rings is 1. The molecule has 4 aliphatic carbocycles. The summed E-state index contributed by atoms with van der Waals surface area (Å²) >= 11 is 3.29. The zero-order valence-electron chi connectivity index (χ0n) is 16.1. The Kier molecular flexibility index (Phi) is 3.53. The standard InChI is InChI=1S/C22H27BrO4/c1-12-8-16-15-5-4-13-9-14(24)6-7-19(13,2)22(15)18(27-22)10-20(16,3)21(12,26)17(25)11-23/h6-7,9,12,15-16,18,26H,4-5,8,10-11H2,1-3H3/t12-,15-,16-,18-,19-,20-,21-,22-/m0/s1. The quantitative estimate of drug-likeness (QED) is 0.534. The van der Waals surface area contributed by atoms with Crippen molar-refractivity contribution in [1.29, 1.82) is 0 Å². The van der Waals surface area contributed by atoms with E-state index in [0.29, 0.717) is 12.3 Å². The molecule has 1 heterocycles. The lowest BCUT2D eigenvalue weighted by Gasteiger charge is -2.55. The summed E-state index contributed by atoms with van der Waals surface area (Å²) < 4.78 is 6.48. The first-order valence-corrected chi connectivity index (χ1v) is 11.2. The summed E-state index contributed by atoms with van der Waals surface area (Å²) in [5.74, 6) is 0.477. The van der Waals surface area contributed by atoms with Crippen molar-refractivity contribution >= 4 is 27.5 Å². The van der Waals surface area contributed by atoms with Gasteiger partial charge < -0.3 is 9.84 Å². The molecule has 3 saturated carbocycles. The molecule has 4 fully saturated rings. The van der Waals surface area contributed by atoms with Gasteiger partial charge in [0.15, 0.2) is 11.6 Å². The van der Waals surface area contributed by atoms with Gasteiger partial charge in [-0.2, -0.15) is 0 Å². The van der Waals surface area contributed by atoms with Crippen LogP contribution in [0.1, 0.15) is 46.5 Å². The first kappa shape index (κ1) is 18.3. The molecule has 1 aliphatic heterocycles. The van der Waals surface area contributed by atoms with Crippen molar-refractivity contribution < 1.29 is 19.4 Å². The van der Waals surface area contributed by atoms with E-state index in [1.54, 1.807) is 12.2 Å². The third kappa shape index (κ3) is 1.83. The fourth-order valence-electron chi connectivity index (χ4n) is 7.68. The number of halogens is 1. The van der Waals surface area contributed by atoms with E-state index >= 15 is 0 Å². The maximum atomic E-state index is 12.8. The number of ether oxygens (including phenoxy) is 1. The minimum absolute atomic E-state index is 0.0373. The predicted molar refractivity (Wildman–Crippen MR) is 104 cm³/mol. The summed E-state index contributed by atoms with van der Waals surface area (Å²) in [6.45, 7) is 6.35. The fourth-order valence-corrected chi connectivity index (χ4v) is 8.11. The van der Waals surface area contributed by atoms with E-state index in [1.807, 2.05) is 6.92 Å². The average molecular weight is 435 g/mol. The summed E-state index contributed by atoms with van der Waals surface area (Å²) in [4.78, 5) is 24.7. The Morgan fingerprint density at radius 1 is 1.37 bits per heavy atom. The van der Waals surface area contributed by atoms with Crippen LogP contribution in [0.3, 0.4) is 0 Å². The number of rotatable bonds is 2. The van der Waals surface area contributed by atoms with Crippen molar-refractivity contribution in [1.82, 2.24) is 0 Å². The van der Waals surface area contributed by atoms with E-state index in [1.165, 1.54) is 5.57 Å². The highest BCUT2D eigenvalue weighted by Gasteiger charge is 2.81. The summed E-state index contributed by atoms with van der Waals surface area (Å²) in [5, 5.41) is 11.8. The molecule has 1 spiro atoms. The molecule has 0 bridgehead atoms. The van der Waals surface area contributed by atoms with E-state index in [0.717, 1.165) is 19.3 Å². The van der Waals surface area contributed by atoms with Gasteiger partial charge in [-0.3, -0.25) is 9.59 Å². The van der Waals surface area contributed by atoms with Crippen LogP contribution in [0, 0.1) is 28.6 Å². The highest BCUT2D eigenvalue weighted by Crippen LogP contribution is 2.76. The Balaban J connectivity index is 1.60. The van der Waals surface area contributed by atoms with Gasteiger partial charge >= 0.3 is 0 Å². The Morgan fingerprint density at radius 2 is 2.11 bits per heavy atom. The minimum Gasteiger partial charge on any atom is -0.381 e. The van der Waals surface area contributed by atoms with Gasteiger partial charge in [-0.1, -0.05) is 41.4 Å². The second-order valence-corrected chi connectivity index (χ2v) is 10.4. The molecule has 4 nitrogen and oxygen atoms in total. The number of carbonyl (C=O) groups is 2. The molecular weight excluding hydrogens is 408 g/mol. The Labute approximate surface area is 168 Å². The van der Waals surface area contributed by atoms with Gasteiger partial charge in [0.25, 0.3) is 0 Å². The van der Waals surface area contributed by atoms with Crippen molar-refractivity contribution in [3.63, 3.8) is 0 Å². The fraction of sp³-hybridized carbons (Fsp3) is 0.727. The number of hydrogen-bond acceptors (Lipinski definition) is 4. The zero-order chi connectivity index (χ0) is 19.4. The number of hydrogen-bond donors (Lipinski definition) is 1. The van der Waals surface area contributed by atoms with Crippen LogP contribution in [0.4, 0.5) is 0 Å². The van der Waals surface area contributed by atoms with Crippen LogP contribution in [-0.2, 0) is 14.3 Å². The number of allylic oxidation sites excluding steroid dienone is 2. The van der Waals surface area contributed by atoms with E-state index < -0.39 is 11.0 Å². The number of aliphatic hydroxyl groups is 1. The molecule has 1 saturated heterocycles. The minimum atomic E-state index is -1.30. The van der Waals surface area contributed by atoms with Crippen molar-refractivity contribution in [3.05, 3.63) is 23.8 Å². The number of ketones is 2. The molecule has 1 N–H and O–H groups in total. The lowest BCUT2D eigenvalue weighted by Crippen LogP contribution is -2.62. The Hall–Kier alpha value is -0.780. The van der Waals surface area contributed by atoms with E-state index in [-0.39, 0.29) is 45.9 Å². The molecule has 8 atom stereocenters. The predicted octanol–water partition coefficient (Wildman–Crippen LogP) is 3.37. The second-order valence-electron chi connectivity index (χ2n) is 9.84. The number of fused-ring (bicyclic) bond motifs is 3. The monoisotopic (exact) mass is 434 g/mol. The Bertz CT molecular complexity index is 817. The molecule has 0 unspecified atom stereocenters. The van der Waals surface area contributed by atoms with E-state index in [4.69, 9.17) is 4.74 Å².